The maximum Gasteiger partial charge on any atom is 0.225 e. The molecule has 2 aromatic rings. The molecule has 2 rings (SSSR count). The van der Waals surface area contributed by atoms with E-state index < -0.39 is 6.10 Å². The SMILES string of the molecule is CC(c1cccc(O)c1)N(C)C(=O)CC(O)c1ccc(Cl)cc1. The molecule has 0 saturated heterocycles. The molecular weight excluding hydrogens is 314 g/mol. The van der Waals surface area contributed by atoms with Gasteiger partial charge in [0.05, 0.1) is 18.6 Å². The van der Waals surface area contributed by atoms with Crippen molar-refractivity contribution in [3.63, 3.8) is 0 Å². The first-order valence-corrected chi connectivity index (χ1v) is 7.74. The molecule has 5 heteroatoms. The zero-order valence-corrected chi connectivity index (χ0v) is 13.9. The minimum Gasteiger partial charge on any atom is -0.508 e. The fraction of sp³-hybridized carbons (Fsp3) is 0.278. The zero-order chi connectivity index (χ0) is 17.0. The highest BCUT2D eigenvalue weighted by molar-refractivity contribution is 6.30. The standard InChI is InChI=1S/C18H20ClNO3/c1-12(14-4-3-5-16(21)10-14)20(2)18(23)11-17(22)13-6-8-15(19)9-7-13/h3-10,12,17,21-22H,11H2,1-2H3. The first-order valence-electron chi connectivity index (χ1n) is 7.36. The Bertz CT molecular complexity index is 672. The summed E-state index contributed by atoms with van der Waals surface area (Å²) >= 11 is 5.82. The largest absolute Gasteiger partial charge is 0.508 e. The van der Waals surface area contributed by atoms with Crippen molar-refractivity contribution in [1.82, 2.24) is 4.90 Å². The molecule has 2 N–H and O–H groups in total. The number of hydrogen-bond donors (Lipinski definition) is 2. The van der Waals surface area contributed by atoms with Crippen LogP contribution < -0.4 is 0 Å². The van der Waals surface area contributed by atoms with Crippen molar-refractivity contribution in [1.29, 1.82) is 0 Å². The van der Waals surface area contributed by atoms with Crippen molar-refractivity contribution in [2.24, 2.45) is 0 Å². The Morgan fingerprint density at radius 3 is 2.43 bits per heavy atom. The fourth-order valence-corrected chi connectivity index (χ4v) is 2.46. The van der Waals surface area contributed by atoms with Gasteiger partial charge >= 0.3 is 0 Å². The van der Waals surface area contributed by atoms with E-state index in [1.807, 2.05) is 13.0 Å². The average Bonchev–Trinajstić information content (AvgIpc) is 2.54. The molecule has 0 saturated carbocycles. The number of phenols is 1. The number of amides is 1. The minimum absolute atomic E-state index is 0.0126. The number of nitrogens with zero attached hydrogens (tertiary/aromatic N) is 1. The Balaban J connectivity index is 2.03. The first kappa shape index (κ1) is 17.3. The van der Waals surface area contributed by atoms with Gasteiger partial charge in [-0.25, -0.2) is 0 Å². The van der Waals surface area contributed by atoms with Crippen molar-refractivity contribution >= 4 is 17.5 Å². The van der Waals surface area contributed by atoms with Crippen LogP contribution in [-0.4, -0.2) is 28.1 Å². The molecule has 23 heavy (non-hydrogen) atoms. The highest BCUT2D eigenvalue weighted by atomic mass is 35.5. The van der Waals surface area contributed by atoms with E-state index in [0.717, 1.165) is 5.56 Å². The van der Waals surface area contributed by atoms with Crippen LogP contribution in [0.3, 0.4) is 0 Å². The number of benzene rings is 2. The molecule has 2 atom stereocenters. The highest BCUT2D eigenvalue weighted by Gasteiger charge is 2.21. The van der Waals surface area contributed by atoms with E-state index in [0.29, 0.717) is 10.6 Å². The van der Waals surface area contributed by atoms with Gasteiger partial charge in [-0.15, -0.1) is 0 Å². The van der Waals surface area contributed by atoms with Gasteiger partial charge in [-0.1, -0.05) is 35.9 Å². The van der Waals surface area contributed by atoms with Crippen LogP contribution in [0.4, 0.5) is 0 Å². The lowest BCUT2D eigenvalue weighted by Gasteiger charge is -2.26. The van der Waals surface area contributed by atoms with Gasteiger partial charge in [0, 0.05) is 12.1 Å². The second-order valence-electron chi connectivity index (χ2n) is 5.55. The van der Waals surface area contributed by atoms with Gasteiger partial charge in [0.1, 0.15) is 5.75 Å². The van der Waals surface area contributed by atoms with E-state index in [-0.39, 0.29) is 24.1 Å². The van der Waals surface area contributed by atoms with Crippen LogP contribution in [0.1, 0.15) is 36.6 Å². The summed E-state index contributed by atoms with van der Waals surface area (Å²) in [7, 11) is 1.69. The average molecular weight is 334 g/mol. The third-order valence-electron chi connectivity index (χ3n) is 3.95. The predicted molar refractivity (Wildman–Crippen MR) is 90.3 cm³/mol. The van der Waals surface area contributed by atoms with E-state index in [9.17, 15) is 15.0 Å². The molecule has 1 amide bonds. The minimum atomic E-state index is -0.876. The lowest BCUT2D eigenvalue weighted by Crippen LogP contribution is -2.30. The molecule has 0 radical (unpaired) electrons. The van der Waals surface area contributed by atoms with Crippen molar-refractivity contribution in [3.8, 4) is 5.75 Å². The summed E-state index contributed by atoms with van der Waals surface area (Å²) in [6, 6.07) is 13.4. The molecule has 0 heterocycles. The van der Waals surface area contributed by atoms with Crippen LogP contribution in [-0.2, 0) is 4.79 Å². The van der Waals surface area contributed by atoms with Gasteiger partial charge in [0.15, 0.2) is 0 Å². The summed E-state index contributed by atoms with van der Waals surface area (Å²) in [5, 5.41) is 20.3. The highest BCUT2D eigenvalue weighted by Crippen LogP contribution is 2.25. The molecule has 0 spiro atoms. The van der Waals surface area contributed by atoms with Crippen LogP contribution >= 0.6 is 11.6 Å². The number of halogens is 1. The lowest BCUT2D eigenvalue weighted by molar-refractivity contribution is -0.134. The number of rotatable bonds is 5. The summed E-state index contributed by atoms with van der Waals surface area (Å²) in [5.74, 6) is -0.0142. The number of aliphatic hydroxyl groups is 1. The van der Waals surface area contributed by atoms with Crippen LogP contribution in [0, 0.1) is 0 Å². The normalized spacial score (nSPS) is 13.4. The van der Waals surface area contributed by atoms with E-state index in [1.54, 1.807) is 54.4 Å². The van der Waals surface area contributed by atoms with E-state index >= 15 is 0 Å². The van der Waals surface area contributed by atoms with Gasteiger partial charge in [0.2, 0.25) is 5.91 Å². The number of carbonyl (C=O) groups is 1. The molecule has 0 aromatic heterocycles. The number of aliphatic hydroxyl groups excluding tert-OH is 1. The summed E-state index contributed by atoms with van der Waals surface area (Å²) in [6.07, 6.45) is -0.889. The Hall–Kier alpha value is -2.04. The summed E-state index contributed by atoms with van der Waals surface area (Å²) in [6.45, 7) is 1.88. The summed E-state index contributed by atoms with van der Waals surface area (Å²) < 4.78 is 0. The second-order valence-corrected chi connectivity index (χ2v) is 5.98. The van der Waals surface area contributed by atoms with E-state index in [2.05, 4.69) is 0 Å². The summed E-state index contributed by atoms with van der Waals surface area (Å²) in [5.41, 5.74) is 1.49. The first-order chi connectivity index (χ1) is 10.9. The van der Waals surface area contributed by atoms with Crippen LogP contribution in [0.15, 0.2) is 48.5 Å². The van der Waals surface area contributed by atoms with Crippen LogP contribution in [0.5, 0.6) is 5.75 Å². The molecule has 122 valence electrons. The fourth-order valence-electron chi connectivity index (χ4n) is 2.34. The Morgan fingerprint density at radius 1 is 1.17 bits per heavy atom. The lowest BCUT2D eigenvalue weighted by atomic mass is 10.0. The number of carbonyl (C=O) groups excluding carboxylic acids is 1. The number of aromatic hydroxyl groups is 1. The van der Waals surface area contributed by atoms with Gasteiger partial charge in [-0.2, -0.15) is 0 Å². The van der Waals surface area contributed by atoms with Crippen molar-refractivity contribution in [2.75, 3.05) is 7.05 Å². The smallest absolute Gasteiger partial charge is 0.225 e. The van der Waals surface area contributed by atoms with Gasteiger partial charge in [-0.3, -0.25) is 4.79 Å². The molecule has 0 aliphatic carbocycles. The number of hydrogen-bond acceptors (Lipinski definition) is 3. The van der Waals surface area contributed by atoms with Crippen molar-refractivity contribution in [3.05, 3.63) is 64.7 Å². The second kappa shape index (κ2) is 7.49. The Kier molecular flexibility index (Phi) is 5.64. The molecule has 2 aromatic carbocycles. The summed E-state index contributed by atoms with van der Waals surface area (Å²) in [4.78, 5) is 13.9. The van der Waals surface area contributed by atoms with Gasteiger partial charge < -0.3 is 15.1 Å². The quantitative estimate of drug-likeness (QED) is 0.877. The monoisotopic (exact) mass is 333 g/mol. The van der Waals surface area contributed by atoms with Crippen LogP contribution in [0.2, 0.25) is 5.02 Å². The Labute approximate surface area is 140 Å². The molecule has 2 unspecified atom stereocenters. The molecule has 0 aliphatic heterocycles. The third-order valence-corrected chi connectivity index (χ3v) is 4.20. The van der Waals surface area contributed by atoms with E-state index in [1.165, 1.54) is 0 Å². The topological polar surface area (TPSA) is 60.8 Å². The zero-order valence-electron chi connectivity index (χ0n) is 13.1. The van der Waals surface area contributed by atoms with Gasteiger partial charge in [0.25, 0.3) is 0 Å². The van der Waals surface area contributed by atoms with Crippen molar-refractivity contribution < 1.29 is 15.0 Å². The van der Waals surface area contributed by atoms with Crippen LogP contribution in [0.25, 0.3) is 0 Å². The molecule has 4 nitrogen and oxygen atoms in total. The molecule has 0 bridgehead atoms. The maximum absolute atomic E-state index is 12.4. The van der Waals surface area contributed by atoms with E-state index in [4.69, 9.17) is 11.6 Å². The number of phenolic OH excluding ortho intramolecular Hbond substituents is 1. The maximum atomic E-state index is 12.4. The van der Waals surface area contributed by atoms with Gasteiger partial charge in [-0.05, 0) is 42.3 Å². The predicted octanol–water partition coefficient (Wildman–Crippen LogP) is 3.69. The molecular formula is C18H20ClNO3. The third kappa shape index (κ3) is 4.47. The van der Waals surface area contributed by atoms with Crippen molar-refractivity contribution in [2.45, 2.75) is 25.5 Å². The molecule has 0 aliphatic rings. The molecule has 0 fully saturated rings. The Morgan fingerprint density at radius 2 is 1.83 bits per heavy atom.